The van der Waals surface area contributed by atoms with Gasteiger partial charge in [0.2, 0.25) is 10.0 Å². The zero-order chi connectivity index (χ0) is 18.3. The third kappa shape index (κ3) is 3.42. The molecule has 4 rings (SSSR count). The third-order valence-corrected chi connectivity index (χ3v) is 8.09. The second-order valence-electron chi connectivity index (χ2n) is 7.67. The molecule has 1 aliphatic heterocycles. The molecule has 8 heteroatoms. The molecular weight excluding hydrogens is 370 g/mol. The van der Waals surface area contributed by atoms with Gasteiger partial charge >= 0.3 is 0 Å². The number of nitrogens with zero attached hydrogens (tertiary/aromatic N) is 1. The van der Waals surface area contributed by atoms with Gasteiger partial charge in [0.05, 0.1) is 10.6 Å². The van der Waals surface area contributed by atoms with Gasteiger partial charge in [-0.05, 0) is 74.4 Å². The number of thiocarbonyl (C=S) groups is 1. The number of sulfonamides is 1. The fourth-order valence-corrected chi connectivity index (χ4v) is 6.41. The Morgan fingerprint density at radius 1 is 1.19 bits per heavy atom. The molecule has 0 aromatic heterocycles. The summed E-state index contributed by atoms with van der Waals surface area (Å²) >= 11 is 5.40. The van der Waals surface area contributed by atoms with Gasteiger partial charge in [-0.3, -0.25) is 0 Å². The highest BCUT2D eigenvalue weighted by Gasteiger charge is 2.39. The summed E-state index contributed by atoms with van der Waals surface area (Å²) in [4.78, 5) is 0.183. The SMILES string of the molecule is O=S(=O)(c1ccc(O)c(NC(=S)N[C@H]2C[C@H]3CC[C@@H]2C3)c1)N1CCCC1. The zero-order valence-corrected chi connectivity index (χ0v) is 16.3. The van der Waals surface area contributed by atoms with Gasteiger partial charge in [-0.25, -0.2) is 8.42 Å². The van der Waals surface area contributed by atoms with E-state index in [2.05, 4.69) is 10.6 Å². The predicted molar refractivity (Wildman–Crippen MR) is 105 cm³/mol. The monoisotopic (exact) mass is 395 g/mol. The largest absolute Gasteiger partial charge is 0.506 e. The molecule has 3 atom stereocenters. The lowest BCUT2D eigenvalue weighted by Gasteiger charge is -2.25. The van der Waals surface area contributed by atoms with Crippen molar-refractivity contribution in [3.63, 3.8) is 0 Å². The molecule has 1 aromatic carbocycles. The van der Waals surface area contributed by atoms with Crippen LogP contribution in [0.15, 0.2) is 23.1 Å². The molecule has 26 heavy (non-hydrogen) atoms. The highest BCUT2D eigenvalue weighted by molar-refractivity contribution is 7.89. The number of anilines is 1. The van der Waals surface area contributed by atoms with Crippen molar-refractivity contribution in [2.24, 2.45) is 11.8 Å². The maximum atomic E-state index is 12.7. The van der Waals surface area contributed by atoms with Crippen LogP contribution >= 0.6 is 12.2 Å². The topological polar surface area (TPSA) is 81.7 Å². The Bertz CT molecular complexity index is 806. The Hall–Kier alpha value is -1.38. The standard InChI is InChI=1S/C18H25N3O3S2/c22-17-6-5-14(26(23,24)21-7-1-2-8-21)11-16(17)20-18(25)19-15-10-12-3-4-13(15)9-12/h5-6,11-13,15,22H,1-4,7-10H2,(H2,19,20,25)/t12-,13+,15-/m0/s1. The molecule has 3 N–H and O–H groups in total. The van der Waals surface area contributed by atoms with E-state index in [4.69, 9.17) is 12.2 Å². The Morgan fingerprint density at radius 2 is 1.96 bits per heavy atom. The second kappa shape index (κ2) is 6.98. The Labute approximate surface area is 160 Å². The van der Waals surface area contributed by atoms with Gasteiger partial charge in [0.15, 0.2) is 5.11 Å². The van der Waals surface area contributed by atoms with Gasteiger partial charge in [-0.2, -0.15) is 4.31 Å². The van der Waals surface area contributed by atoms with Crippen LogP contribution in [0.3, 0.4) is 0 Å². The third-order valence-electron chi connectivity index (χ3n) is 5.97. The molecule has 0 spiro atoms. The summed E-state index contributed by atoms with van der Waals surface area (Å²) in [6.07, 6.45) is 6.76. The van der Waals surface area contributed by atoms with Crippen molar-refractivity contribution >= 4 is 33.0 Å². The quantitative estimate of drug-likeness (QED) is 0.537. The van der Waals surface area contributed by atoms with E-state index in [1.165, 1.54) is 41.8 Å². The highest BCUT2D eigenvalue weighted by Crippen LogP contribution is 2.44. The van der Waals surface area contributed by atoms with Gasteiger partial charge in [0.25, 0.3) is 0 Å². The molecule has 1 aromatic rings. The molecule has 142 valence electrons. The first-order valence-electron chi connectivity index (χ1n) is 9.34. The Morgan fingerprint density at radius 3 is 2.62 bits per heavy atom. The number of hydrogen-bond acceptors (Lipinski definition) is 4. The fourth-order valence-electron chi connectivity index (χ4n) is 4.60. The van der Waals surface area contributed by atoms with Crippen LogP contribution in [0.1, 0.15) is 38.5 Å². The van der Waals surface area contributed by atoms with Crippen LogP contribution in [-0.2, 0) is 10.0 Å². The summed E-state index contributed by atoms with van der Waals surface area (Å²) in [7, 11) is -3.52. The van der Waals surface area contributed by atoms with Crippen molar-refractivity contribution < 1.29 is 13.5 Å². The van der Waals surface area contributed by atoms with E-state index in [-0.39, 0.29) is 10.6 Å². The second-order valence-corrected chi connectivity index (χ2v) is 10.0. The Balaban J connectivity index is 1.47. The van der Waals surface area contributed by atoms with Crippen molar-refractivity contribution in [1.82, 2.24) is 9.62 Å². The minimum absolute atomic E-state index is 0.0116. The molecule has 1 heterocycles. The molecule has 6 nitrogen and oxygen atoms in total. The summed E-state index contributed by atoms with van der Waals surface area (Å²) in [5.41, 5.74) is 0.325. The summed E-state index contributed by atoms with van der Waals surface area (Å²) < 4.78 is 26.9. The molecule has 0 unspecified atom stereocenters. The van der Waals surface area contributed by atoms with Crippen LogP contribution < -0.4 is 10.6 Å². The number of rotatable bonds is 4. The van der Waals surface area contributed by atoms with Crippen LogP contribution in [0.2, 0.25) is 0 Å². The van der Waals surface area contributed by atoms with Gasteiger partial charge in [-0.1, -0.05) is 6.42 Å². The lowest BCUT2D eigenvalue weighted by Crippen LogP contribution is -2.40. The summed E-state index contributed by atoms with van der Waals surface area (Å²) in [6.45, 7) is 1.10. The first kappa shape index (κ1) is 18.0. The molecule has 2 saturated carbocycles. The van der Waals surface area contributed by atoms with Gasteiger partial charge in [0.1, 0.15) is 5.75 Å². The predicted octanol–water partition coefficient (Wildman–Crippen LogP) is 2.65. The van der Waals surface area contributed by atoms with Crippen LogP contribution in [0, 0.1) is 11.8 Å². The lowest BCUT2D eigenvalue weighted by atomic mass is 9.96. The zero-order valence-electron chi connectivity index (χ0n) is 14.6. The van der Waals surface area contributed by atoms with Crippen molar-refractivity contribution in [2.75, 3.05) is 18.4 Å². The van der Waals surface area contributed by atoms with E-state index in [0.29, 0.717) is 35.8 Å². The van der Waals surface area contributed by atoms with E-state index in [9.17, 15) is 13.5 Å². The number of nitrogens with one attached hydrogen (secondary N) is 2. The van der Waals surface area contributed by atoms with Crippen LogP contribution in [0.5, 0.6) is 5.75 Å². The van der Waals surface area contributed by atoms with Crippen LogP contribution in [0.4, 0.5) is 5.69 Å². The minimum Gasteiger partial charge on any atom is -0.506 e. The first-order chi connectivity index (χ1) is 12.4. The number of benzene rings is 1. The van der Waals surface area contributed by atoms with Crippen molar-refractivity contribution in [3.05, 3.63) is 18.2 Å². The van der Waals surface area contributed by atoms with E-state index in [1.807, 2.05) is 0 Å². The number of phenols is 1. The van der Waals surface area contributed by atoms with Crippen LogP contribution in [-0.4, -0.2) is 42.1 Å². The molecule has 2 aliphatic carbocycles. The Kier molecular flexibility index (Phi) is 4.83. The van der Waals surface area contributed by atoms with Crippen molar-refractivity contribution in [1.29, 1.82) is 0 Å². The van der Waals surface area contributed by atoms with Crippen LogP contribution in [0.25, 0.3) is 0 Å². The molecule has 3 fully saturated rings. The molecule has 0 radical (unpaired) electrons. The smallest absolute Gasteiger partial charge is 0.243 e. The number of hydrogen-bond donors (Lipinski definition) is 3. The van der Waals surface area contributed by atoms with Gasteiger partial charge < -0.3 is 15.7 Å². The van der Waals surface area contributed by atoms with E-state index >= 15 is 0 Å². The van der Waals surface area contributed by atoms with E-state index in [1.54, 1.807) is 0 Å². The number of aromatic hydroxyl groups is 1. The van der Waals surface area contributed by atoms with Gasteiger partial charge in [0, 0.05) is 19.1 Å². The minimum atomic E-state index is -3.52. The molecular formula is C18H25N3O3S2. The molecule has 1 saturated heterocycles. The maximum absolute atomic E-state index is 12.7. The lowest BCUT2D eigenvalue weighted by molar-refractivity contribution is 0.391. The number of phenolic OH excluding ortho intramolecular Hbond substituents is 1. The van der Waals surface area contributed by atoms with Crippen molar-refractivity contribution in [2.45, 2.75) is 49.5 Å². The number of fused-ring (bicyclic) bond motifs is 2. The normalized spacial score (nSPS) is 28.4. The fraction of sp³-hybridized carbons (Fsp3) is 0.611. The highest BCUT2D eigenvalue weighted by atomic mass is 32.2. The van der Waals surface area contributed by atoms with E-state index < -0.39 is 10.0 Å². The summed E-state index contributed by atoms with van der Waals surface area (Å²) in [6, 6.07) is 4.71. The summed E-state index contributed by atoms with van der Waals surface area (Å²) in [5, 5.41) is 16.9. The van der Waals surface area contributed by atoms with Crippen molar-refractivity contribution in [3.8, 4) is 5.75 Å². The molecule has 2 bridgehead atoms. The maximum Gasteiger partial charge on any atom is 0.243 e. The summed E-state index contributed by atoms with van der Waals surface area (Å²) in [5.74, 6) is 1.47. The average Bonchev–Trinajstić information content (AvgIpc) is 3.34. The molecule has 3 aliphatic rings. The van der Waals surface area contributed by atoms with Gasteiger partial charge in [-0.15, -0.1) is 0 Å². The average molecular weight is 396 g/mol. The molecule has 0 amide bonds. The first-order valence-corrected chi connectivity index (χ1v) is 11.2. The van der Waals surface area contributed by atoms with E-state index in [0.717, 1.165) is 25.2 Å².